The first-order valence-corrected chi connectivity index (χ1v) is 9.63. The van der Waals surface area contributed by atoms with Crippen LogP contribution in [0.25, 0.3) is 0 Å². The van der Waals surface area contributed by atoms with Gasteiger partial charge in [-0.05, 0) is 63.8 Å². The van der Waals surface area contributed by atoms with Crippen molar-refractivity contribution in [3.63, 3.8) is 0 Å². The summed E-state index contributed by atoms with van der Waals surface area (Å²) in [5.41, 5.74) is 1.01. The SMILES string of the molecule is CCc1cc(C(=O)CO)ccc1OCCCCCCNC(=O)OC(C)(C)C. The molecule has 0 radical (unpaired) electrons. The van der Waals surface area contributed by atoms with Gasteiger partial charge in [-0.15, -0.1) is 0 Å². The van der Waals surface area contributed by atoms with Crippen molar-refractivity contribution in [2.24, 2.45) is 0 Å². The Labute approximate surface area is 162 Å². The fourth-order valence-electron chi connectivity index (χ4n) is 2.53. The summed E-state index contributed by atoms with van der Waals surface area (Å²) in [6.45, 7) is 8.27. The zero-order valence-corrected chi connectivity index (χ0v) is 17.0. The third-order valence-electron chi connectivity index (χ3n) is 3.90. The van der Waals surface area contributed by atoms with Gasteiger partial charge in [0.2, 0.25) is 0 Å². The Kier molecular flexibility index (Phi) is 9.86. The average Bonchev–Trinajstić information content (AvgIpc) is 2.61. The van der Waals surface area contributed by atoms with Gasteiger partial charge >= 0.3 is 6.09 Å². The van der Waals surface area contributed by atoms with E-state index in [4.69, 9.17) is 14.6 Å². The van der Waals surface area contributed by atoms with Crippen LogP contribution in [0.5, 0.6) is 5.75 Å². The number of nitrogens with one attached hydrogen (secondary N) is 1. The van der Waals surface area contributed by atoms with E-state index < -0.39 is 12.2 Å². The summed E-state index contributed by atoms with van der Waals surface area (Å²) in [6, 6.07) is 5.28. The minimum Gasteiger partial charge on any atom is -0.493 e. The van der Waals surface area contributed by atoms with Crippen LogP contribution >= 0.6 is 0 Å². The number of benzene rings is 1. The minimum absolute atomic E-state index is 0.281. The van der Waals surface area contributed by atoms with Gasteiger partial charge < -0.3 is 19.9 Å². The molecule has 0 spiro atoms. The van der Waals surface area contributed by atoms with E-state index in [9.17, 15) is 9.59 Å². The highest BCUT2D eigenvalue weighted by atomic mass is 16.6. The molecule has 6 heteroatoms. The largest absolute Gasteiger partial charge is 0.493 e. The molecule has 0 aliphatic rings. The molecular weight excluding hydrogens is 346 g/mol. The van der Waals surface area contributed by atoms with E-state index in [0.29, 0.717) is 18.7 Å². The molecule has 0 aliphatic carbocycles. The standard InChI is InChI=1S/C21H33NO5/c1-5-16-14-17(18(24)15-23)10-11-19(16)26-13-9-7-6-8-12-22-20(25)27-21(2,3)4/h10-11,14,23H,5-9,12-13,15H2,1-4H3,(H,22,25). The minimum atomic E-state index is -0.480. The molecule has 0 saturated heterocycles. The predicted molar refractivity (Wildman–Crippen MR) is 105 cm³/mol. The summed E-state index contributed by atoms with van der Waals surface area (Å²) in [4.78, 5) is 23.1. The maximum Gasteiger partial charge on any atom is 0.407 e. The lowest BCUT2D eigenvalue weighted by molar-refractivity contribution is 0.0526. The summed E-state index contributed by atoms with van der Waals surface area (Å²) >= 11 is 0. The maximum absolute atomic E-state index is 11.6. The normalized spacial score (nSPS) is 11.1. The molecule has 1 aromatic carbocycles. The lowest BCUT2D eigenvalue weighted by Gasteiger charge is -2.19. The Balaban J connectivity index is 2.21. The number of carbonyl (C=O) groups is 2. The molecule has 1 aromatic rings. The second-order valence-electron chi connectivity index (χ2n) is 7.45. The van der Waals surface area contributed by atoms with E-state index in [2.05, 4.69) is 5.32 Å². The number of Topliss-reactive ketones (excluding diaryl/α,β-unsaturated/α-hetero) is 1. The van der Waals surface area contributed by atoms with Crippen LogP contribution in [0.1, 0.15) is 69.3 Å². The highest BCUT2D eigenvalue weighted by Gasteiger charge is 2.15. The monoisotopic (exact) mass is 379 g/mol. The van der Waals surface area contributed by atoms with Crippen LogP contribution in [0.2, 0.25) is 0 Å². The predicted octanol–water partition coefficient (Wildman–Crippen LogP) is 3.89. The molecule has 152 valence electrons. The smallest absolute Gasteiger partial charge is 0.407 e. The number of ketones is 1. The number of hydrogen-bond acceptors (Lipinski definition) is 5. The summed E-state index contributed by atoms with van der Waals surface area (Å²) in [7, 11) is 0. The van der Waals surface area contributed by atoms with Crippen LogP contribution in [-0.2, 0) is 11.2 Å². The Morgan fingerprint density at radius 1 is 1.11 bits per heavy atom. The number of rotatable bonds is 11. The number of aliphatic hydroxyl groups is 1. The highest BCUT2D eigenvalue weighted by molar-refractivity contribution is 5.97. The lowest BCUT2D eigenvalue weighted by Crippen LogP contribution is -2.32. The maximum atomic E-state index is 11.6. The number of alkyl carbamates (subject to hydrolysis) is 1. The summed E-state index contributed by atoms with van der Waals surface area (Å²) in [6.07, 6.45) is 4.23. The van der Waals surface area contributed by atoms with Gasteiger partial charge in [-0.1, -0.05) is 19.8 Å². The second-order valence-corrected chi connectivity index (χ2v) is 7.45. The highest BCUT2D eigenvalue weighted by Crippen LogP contribution is 2.21. The topological polar surface area (TPSA) is 84.9 Å². The second kappa shape index (κ2) is 11.6. The van der Waals surface area contributed by atoms with E-state index >= 15 is 0 Å². The Bertz CT molecular complexity index is 607. The Morgan fingerprint density at radius 3 is 2.44 bits per heavy atom. The number of unbranched alkanes of at least 4 members (excludes halogenated alkanes) is 3. The van der Waals surface area contributed by atoms with Gasteiger partial charge in [0, 0.05) is 12.1 Å². The number of ether oxygens (including phenoxy) is 2. The number of amides is 1. The number of aliphatic hydroxyl groups excluding tert-OH is 1. The van der Waals surface area contributed by atoms with Crippen molar-refractivity contribution in [3.8, 4) is 5.75 Å². The van der Waals surface area contributed by atoms with Crippen molar-refractivity contribution < 1.29 is 24.2 Å². The Hall–Kier alpha value is -2.08. The first-order valence-electron chi connectivity index (χ1n) is 9.63. The van der Waals surface area contributed by atoms with Crippen LogP contribution in [0.3, 0.4) is 0 Å². The summed E-state index contributed by atoms with van der Waals surface area (Å²) in [5.74, 6) is 0.509. The first-order chi connectivity index (χ1) is 12.8. The number of hydrogen-bond donors (Lipinski definition) is 2. The van der Waals surface area contributed by atoms with Gasteiger partial charge in [-0.25, -0.2) is 4.79 Å². The quantitative estimate of drug-likeness (QED) is 0.450. The fourth-order valence-corrected chi connectivity index (χ4v) is 2.53. The van der Waals surface area contributed by atoms with Crippen LogP contribution in [0.15, 0.2) is 18.2 Å². The molecule has 2 N–H and O–H groups in total. The van der Waals surface area contributed by atoms with Crippen LogP contribution in [0, 0.1) is 0 Å². The van der Waals surface area contributed by atoms with Gasteiger partial charge in [-0.2, -0.15) is 0 Å². The van der Waals surface area contributed by atoms with E-state index in [-0.39, 0.29) is 11.9 Å². The molecule has 6 nitrogen and oxygen atoms in total. The van der Waals surface area contributed by atoms with Gasteiger partial charge in [0.05, 0.1) is 6.61 Å². The molecule has 1 amide bonds. The molecule has 0 atom stereocenters. The van der Waals surface area contributed by atoms with Gasteiger partial charge in [0.1, 0.15) is 18.0 Å². The number of carbonyl (C=O) groups excluding carboxylic acids is 2. The van der Waals surface area contributed by atoms with Crippen molar-refractivity contribution in [1.29, 1.82) is 0 Å². The van der Waals surface area contributed by atoms with E-state index in [0.717, 1.165) is 43.4 Å². The van der Waals surface area contributed by atoms with Crippen LogP contribution in [0.4, 0.5) is 4.79 Å². The van der Waals surface area contributed by atoms with Gasteiger partial charge in [0.15, 0.2) is 5.78 Å². The van der Waals surface area contributed by atoms with Gasteiger partial charge in [-0.3, -0.25) is 4.79 Å². The van der Waals surface area contributed by atoms with Crippen LogP contribution in [-0.4, -0.2) is 42.3 Å². The number of aryl methyl sites for hydroxylation is 1. The molecule has 0 fully saturated rings. The van der Waals surface area contributed by atoms with Crippen LogP contribution < -0.4 is 10.1 Å². The van der Waals surface area contributed by atoms with Crippen molar-refractivity contribution in [3.05, 3.63) is 29.3 Å². The molecule has 0 heterocycles. The lowest BCUT2D eigenvalue weighted by atomic mass is 10.0. The van der Waals surface area contributed by atoms with E-state index in [1.807, 2.05) is 27.7 Å². The fraction of sp³-hybridized carbons (Fsp3) is 0.619. The third kappa shape index (κ3) is 9.43. The zero-order valence-electron chi connectivity index (χ0n) is 17.0. The van der Waals surface area contributed by atoms with Crippen molar-refractivity contribution in [1.82, 2.24) is 5.32 Å². The zero-order chi connectivity index (χ0) is 20.3. The molecule has 0 aliphatic heterocycles. The summed E-state index contributed by atoms with van der Waals surface area (Å²) < 4.78 is 11.0. The van der Waals surface area contributed by atoms with E-state index in [1.54, 1.807) is 18.2 Å². The van der Waals surface area contributed by atoms with Crippen molar-refractivity contribution in [2.45, 2.75) is 65.4 Å². The first kappa shape index (κ1) is 23.0. The third-order valence-corrected chi connectivity index (χ3v) is 3.90. The van der Waals surface area contributed by atoms with E-state index in [1.165, 1.54) is 0 Å². The molecule has 1 rings (SSSR count). The molecule has 27 heavy (non-hydrogen) atoms. The van der Waals surface area contributed by atoms with Gasteiger partial charge in [0.25, 0.3) is 0 Å². The molecule has 0 unspecified atom stereocenters. The average molecular weight is 379 g/mol. The molecular formula is C21H33NO5. The summed E-state index contributed by atoms with van der Waals surface area (Å²) in [5, 5.41) is 11.7. The molecule has 0 aromatic heterocycles. The molecule has 0 bridgehead atoms. The Morgan fingerprint density at radius 2 is 1.81 bits per heavy atom. The van der Waals surface area contributed by atoms with Crippen molar-refractivity contribution >= 4 is 11.9 Å². The van der Waals surface area contributed by atoms with Crippen molar-refractivity contribution in [2.75, 3.05) is 19.8 Å². The molecule has 0 saturated carbocycles.